The fraction of sp³-hybridized carbons (Fsp3) is 0.368. The van der Waals surface area contributed by atoms with E-state index in [0.29, 0.717) is 24.6 Å². The van der Waals surface area contributed by atoms with E-state index in [2.05, 4.69) is 29.5 Å². The van der Waals surface area contributed by atoms with Gasteiger partial charge in [0.1, 0.15) is 11.4 Å². The van der Waals surface area contributed by atoms with Crippen LogP contribution in [0, 0.1) is 5.92 Å². The first-order valence-corrected chi connectivity index (χ1v) is 8.20. The summed E-state index contributed by atoms with van der Waals surface area (Å²) in [6.45, 7) is 5.70. The van der Waals surface area contributed by atoms with Crippen molar-refractivity contribution >= 4 is 11.6 Å². The van der Waals surface area contributed by atoms with E-state index in [1.165, 1.54) is 0 Å². The summed E-state index contributed by atoms with van der Waals surface area (Å²) < 4.78 is 5.31. The number of ether oxygens (including phenoxy) is 1. The predicted molar refractivity (Wildman–Crippen MR) is 96.6 cm³/mol. The number of rotatable bonds is 8. The molecular weight excluding hydrogens is 302 g/mol. The van der Waals surface area contributed by atoms with Crippen LogP contribution in [0.1, 0.15) is 29.9 Å². The predicted octanol–water partition coefficient (Wildman–Crippen LogP) is 3.13. The second kappa shape index (κ2) is 8.91. The lowest BCUT2D eigenvalue weighted by Gasteiger charge is -2.10. The molecule has 0 fully saturated rings. The highest BCUT2D eigenvalue weighted by Crippen LogP contribution is 2.17. The molecule has 24 heavy (non-hydrogen) atoms. The Labute approximate surface area is 143 Å². The molecule has 2 aromatic rings. The standard InChI is InChI=1S/C19H25N3O2/c1-14(2)12-21-16-8-9-17(22-13-16)19(23)20-11-10-15-6-4-5-7-18(15)24-3/h4-9,13-14,21H,10-12H2,1-3H3,(H,20,23). The molecule has 0 spiro atoms. The van der Waals surface area contributed by atoms with Crippen LogP contribution in [0.3, 0.4) is 0 Å². The van der Waals surface area contributed by atoms with Crippen LogP contribution in [0.5, 0.6) is 5.75 Å². The van der Waals surface area contributed by atoms with Gasteiger partial charge >= 0.3 is 0 Å². The van der Waals surface area contributed by atoms with Gasteiger partial charge in [0.05, 0.1) is 19.0 Å². The van der Waals surface area contributed by atoms with E-state index in [-0.39, 0.29) is 5.91 Å². The molecule has 5 heteroatoms. The average Bonchev–Trinajstić information content (AvgIpc) is 2.60. The molecule has 1 amide bonds. The number of methoxy groups -OCH3 is 1. The molecule has 0 aliphatic rings. The maximum atomic E-state index is 12.1. The number of pyridine rings is 1. The summed E-state index contributed by atoms with van der Waals surface area (Å²) in [4.78, 5) is 16.4. The Hall–Kier alpha value is -2.56. The van der Waals surface area contributed by atoms with Crippen molar-refractivity contribution in [3.63, 3.8) is 0 Å². The first-order valence-electron chi connectivity index (χ1n) is 8.20. The van der Waals surface area contributed by atoms with Gasteiger partial charge in [0.25, 0.3) is 5.91 Å². The minimum Gasteiger partial charge on any atom is -0.496 e. The third kappa shape index (κ3) is 5.26. The van der Waals surface area contributed by atoms with Gasteiger partial charge in [0.2, 0.25) is 0 Å². The van der Waals surface area contributed by atoms with Crippen LogP contribution in [0.25, 0.3) is 0 Å². The summed E-state index contributed by atoms with van der Waals surface area (Å²) in [5.74, 6) is 1.23. The van der Waals surface area contributed by atoms with Gasteiger partial charge in [0.15, 0.2) is 0 Å². The number of nitrogens with one attached hydrogen (secondary N) is 2. The third-order valence-electron chi connectivity index (χ3n) is 3.58. The number of nitrogens with zero attached hydrogens (tertiary/aromatic N) is 1. The van der Waals surface area contributed by atoms with Crippen LogP contribution in [0.2, 0.25) is 0 Å². The smallest absolute Gasteiger partial charge is 0.269 e. The Morgan fingerprint density at radius 3 is 2.67 bits per heavy atom. The van der Waals surface area contributed by atoms with Crippen molar-refractivity contribution in [2.24, 2.45) is 5.92 Å². The van der Waals surface area contributed by atoms with Gasteiger partial charge in [-0.1, -0.05) is 32.0 Å². The molecule has 1 heterocycles. The molecule has 0 unspecified atom stereocenters. The molecule has 1 aromatic carbocycles. The van der Waals surface area contributed by atoms with Gasteiger partial charge in [-0.3, -0.25) is 4.79 Å². The summed E-state index contributed by atoms with van der Waals surface area (Å²) >= 11 is 0. The van der Waals surface area contributed by atoms with Crippen molar-refractivity contribution in [1.82, 2.24) is 10.3 Å². The van der Waals surface area contributed by atoms with Crippen LogP contribution >= 0.6 is 0 Å². The Morgan fingerprint density at radius 1 is 1.21 bits per heavy atom. The normalized spacial score (nSPS) is 10.5. The van der Waals surface area contributed by atoms with Crippen LogP contribution < -0.4 is 15.4 Å². The highest BCUT2D eigenvalue weighted by atomic mass is 16.5. The SMILES string of the molecule is COc1ccccc1CCNC(=O)c1ccc(NCC(C)C)cn1. The molecule has 5 nitrogen and oxygen atoms in total. The first-order chi connectivity index (χ1) is 11.6. The third-order valence-corrected chi connectivity index (χ3v) is 3.58. The molecule has 2 rings (SSSR count). The van der Waals surface area contributed by atoms with E-state index in [0.717, 1.165) is 23.5 Å². The maximum absolute atomic E-state index is 12.1. The number of carbonyl (C=O) groups excluding carboxylic acids is 1. The molecule has 0 aliphatic carbocycles. The van der Waals surface area contributed by atoms with Gasteiger partial charge in [-0.15, -0.1) is 0 Å². The number of hydrogen-bond donors (Lipinski definition) is 2. The Morgan fingerprint density at radius 2 is 2.00 bits per heavy atom. The van der Waals surface area contributed by atoms with E-state index < -0.39 is 0 Å². The highest BCUT2D eigenvalue weighted by Gasteiger charge is 2.08. The highest BCUT2D eigenvalue weighted by molar-refractivity contribution is 5.92. The van der Waals surface area contributed by atoms with Crippen LogP contribution in [-0.4, -0.2) is 31.1 Å². The van der Waals surface area contributed by atoms with Crippen molar-refractivity contribution in [3.05, 3.63) is 53.9 Å². The van der Waals surface area contributed by atoms with Crippen molar-refractivity contribution in [2.75, 3.05) is 25.5 Å². The van der Waals surface area contributed by atoms with E-state index in [4.69, 9.17) is 4.74 Å². The average molecular weight is 327 g/mol. The summed E-state index contributed by atoms with van der Waals surface area (Å²) in [7, 11) is 1.65. The van der Waals surface area contributed by atoms with E-state index in [1.807, 2.05) is 30.3 Å². The number of carbonyl (C=O) groups is 1. The van der Waals surface area contributed by atoms with Crippen LogP contribution in [0.4, 0.5) is 5.69 Å². The first kappa shape index (κ1) is 17.8. The van der Waals surface area contributed by atoms with Gasteiger partial charge in [0, 0.05) is 13.1 Å². The van der Waals surface area contributed by atoms with Gasteiger partial charge < -0.3 is 15.4 Å². The molecule has 2 N–H and O–H groups in total. The summed E-state index contributed by atoms with van der Waals surface area (Å²) in [6.07, 6.45) is 2.40. The van der Waals surface area contributed by atoms with Crippen LogP contribution in [0.15, 0.2) is 42.6 Å². The van der Waals surface area contributed by atoms with Crippen LogP contribution in [-0.2, 0) is 6.42 Å². The second-order valence-electron chi connectivity index (χ2n) is 6.02. The number of benzene rings is 1. The molecule has 0 bridgehead atoms. The number of aromatic nitrogens is 1. The molecule has 1 aromatic heterocycles. The second-order valence-corrected chi connectivity index (χ2v) is 6.02. The molecule has 128 valence electrons. The summed E-state index contributed by atoms with van der Waals surface area (Å²) in [5, 5.41) is 6.17. The van der Waals surface area contributed by atoms with Gasteiger partial charge in [-0.05, 0) is 36.1 Å². The fourth-order valence-electron chi connectivity index (χ4n) is 2.27. The topological polar surface area (TPSA) is 63.2 Å². The zero-order valence-electron chi connectivity index (χ0n) is 14.5. The van der Waals surface area contributed by atoms with Gasteiger partial charge in [-0.2, -0.15) is 0 Å². The quantitative estimate of drug-likeness (QED) is 0.782. The Bertz CT molecular complexity index is 654. The summed E-state index contributed by atoms with van der Waals surface area (Å²) in [6, 6.07) is 11.4. The monoisotopic (exact) mass is 327 g/mol. The lowest BCUT2D eigenvalue weighted by molar-refractivity contribution is 0.0949. The van der Waals surface area contributed by atoms with Crippen molar-refractivity contribution in [3.8, 4) is 5.75 Å². The Kier molecular flexibility index (Phi) is 6.61. The lowest BCUT2D eigenvalue weighted by Crippen LogP contribution is -2.26. The molecular formula is C19H25N3O2. The molecule has 0 saturated carbocycles. The molecule has 0 atom stereocenters. The zero-order chi connectivity index (χ0) is 17.4. The minimum absolute atomic E-state index is 0.166. The van der Waals surface area contributed by atoms with E-state index >= 15 is 0 Å². The fourth-order valence-corrected chi connectivity index (χ4v) is 2.27. The molecule has 0 saturated heterocycles. The minimum atomic E-state index is -0.166. The van der Waals surface area contributed by atoms with E-state index in [1.54, 1.807) is 19.4 Å². The zero-order valence-corrected chi connectivity index (χ0v) is 14.5. The van der Waals surface area contributed by atoms with E-state index in [9.17, 15) is 4.79 Å². The number of hydrogen-bond acceptors (Lipinski definition) is 4. The van der Waals surface area contributed by atoms with Gasteiger partial charge in [-0.25, -0.2) is 4.98 Å². The lowest BCUT2D eigenvalue weighted by atomic mass is 10.1. The Balaban J connectivity index is 1.84. The summed E-state index contributed by atoms with van der Waals surface area (Å²) in [5.41, 5.74) is 2.42. The van der Waals surface area contributed by atoms with Crippen molar-refractivity contribution in [2.45, 2.75) is 20.3 Å². The molecule has 0 aliphatic heterocycles. The van der Waals surface area contributed by atoms with Crippen molar-refractivity contribution < 1.29 is 9.53 Å². The maximum Gasteiger partial charge on any atom is 0.269 e. The van der Waals surface area contributed by atoms with Crippen molar-refractivity contribution in [1.29, 1.82) is 0 Å². The largest absolute Gasteiger partial charge is 0.496 e. The number of para-hydroxylation sites is 1. The number of amides is 1. The number of anilines is 1. The molecule has 0 radical (unpaired) electrons.